The van der Waals surface area contributed by atoms with Crippen LogP contribution in [0.3, 0.4) is 0 Å². The maximum absolute atomic E-state index is 11.9. The quantitative estimate of drug-likeness (QED) is 0.879. The van der Waals surface area contributed by atoms with Crippen LogP contribution in [-0.2, 0) is 0 Å². The number of benzene rings is 1. The summed E-state index contributed by atoms with van der Waals surface area (Å²) >= 11 is 0. The van der Waals surface area contributed by atoms with Gasteiger partial charge in [0.05, 0.1) is 5.69 Å². The van der Waals surface area contributed by atoms with E-state index in [1.54, 1.807) is 0 Å². The molecular weight excluding hydrogens is 224 g/mol. The zero-order chi connectivity index (χ0) is 13.3. The SMILES string of the molecule is Cc1cccc(-c2nc(C(C)C)[nH]c(=O)c2C)c1. The second-order valence-corrected chi connectivity index (χ2v) is 4.95. The molecule has 0 bridgehead atoms. The van der Waals surface area contributed by atoms with Gasteiger partial charge >= 0.3 is 0 Å². The van der Waals surface area contributed by atoms with Gasteiger partial charge in [-0.2, -0.15) is 0 Å². The molecule has 18 heavy (non-hydrogen) atoms. The summed E-state index contributed by atoms with van der Waals surface area (Å²) < 4.78 is 0. The van der Waals surface area contributed by atoms with Crippen LogP contribution in [0.5, 0.6) is 0 Å². The number of aromatic nitrogens is 2. The Bertz CT molecular complexity index is 627. The molecule has 0 saturated carbocycles. The lowest BCUT2D eigenvalue weighted by Gasteiger charge is -2.10. The maximum Gasteiger partial charge on any atom is 0.254 e. The van der Waals surface area contributed by atoms with Crippen LogP contribution < -0.4 is 5.56 Å². The van der Waals surface area contributed by atoms with E-state index in [4.69, 9.17) is 0 Å². The third-order valence-corrected chi connectivity index (χ3v) is 3.01. The van der Waals surface area contributed by atoms with Crippen molar-refractivity contribution in [2.24, 2.45) is 0 Å². The number of rotatable bonds is 2. The number of nitrogens with one attached hydrogen (secondary N) is 1. The minimum Gasteiger partial charge on any atom is -0.310 e. The number of aromatic amines is 1. The lowest BCUT2D eigenvalue weighted by molar-refractivity contribution is 0.765. The minimum absolute atomic E-state index is 0.0507. The molecule has 0 amide bonds. The maximum atomic E-state index is 11.9. The number of aryl methyl sites for hydroxylation is 1. The van der Waals surface area contributed by atoms with Crippen molar-refractivity contribution in [3.05, 3.63) is 51.6 Å². The second kappa shape index (κ2) is 4.77. The number of hydrogen-bond acceptors (Lipinski definition) is 2. The molecule has 0 atom stereocenters. The molecule has 0 spiro atoms. The highest BCUT2D eigenvalue weighted by Crippen LogP contribution is 2.21. The fraction of sp³-hybridized carbons (Fsp3) is 0.333. The van der Waals surface area contributed by atoms with E-state index >= 15 is 0 Å². The van der Waals surface area contributed by atoms with Gasteiger partial charge in [0.1, 0.15) is 5.82 Å². The molecule has 1 N–H and O–H groups in total. The molecule has 1 heterocycles. The monoisotopic (exact) mass is 242 g/mol. The van der Waals surface area contributed by atoms with Crippen LogP contribution in [0.15, 0.2) is 29.1 Å². The van der Waals surface area contributed by atoms with E-state index in [0.717, 1.165) is 17.1 Å². The van der Waals surface area contributed by atoms with E-state index in [1.807, 2.05) is 45.9 Å². The summed E-state index contributed by atoms with van der Waals surface area (Å²) in [6.45, 7) is 7.89. The van der Waals surface area contributed by atoms with Gasteiger partial charge in [-0.05, 0) is 19.9 Å². The summed E-state index contributed by atoms with van der Waals surface area (Å²) in [6.07, 6.45) is 0. The molecule has 2 aromatic rings. The topological polar surface area (TPSA) is 45.8 Å². The van der Waals surface area contributed by atoms with Gasteiger partial charge in [-0.3, -0.25) is 4.79 Å². The van der Waals surface area contributed by atoms with E-state index in [1.165, 1.54) is 5.56 Å². The Labute approximate surface area is 107 Å². The van der Waals surface area contributed by atoms with Gasteiger partial charge in [-0.1, -0.05) is 37.6 Å². The fourth-order valence-corrected chi connectivity index (χ4v) is 1.90. The Balaban J connectivity index is 2.67. The first-order valence-corrected chi connectivity index (χ1v) is 6.17. The van der Waals surface area contributed by atoms with Crippen molar-refractivity contribution in [3.63, 3.8) is 0 Å². The first-order valence-electron chi connectivity index (χ1n) is 6.17. The molecule has 0 unspecified atom stereocenters. The summed E-state index contributed by atoms with van der Waals surface area (Å²) in [5, 5.41) is 0. The first-order chi connectivity index (χ1) is 8.49. The zero-order valence-corrected chi connectivity index (χ0v) is 11.2. The third kappa shape index (κ3) is 2.35. The van der Waals surface area contributed by atoms with Crippen LogP contribution >= 0.6 is 0 Å². The Morgan fingerprint density at radius 1 is 1.22 bits per heavy atom. The van der Waals surface area contributed by atoms with Crippen LogP contribution in [0.25, 0.3) is 11.3 Å². The van der Waals surface area contributed by atoms with Crippen molar-refractivity contribution in [2.75, 3.05) is 0 Å². The van der Waals surface area contributed by atoms with E-state index in [-0.39, 0.29) is 11.5 Å². The largest absolute Gasteiger partial charge is 0.310 e. The van der Waals surface area contributed by atoms with Crippen molar-refractivity contribution in [1.82, 2.24) is 9.97 Å². The van der Waals surface area contributed by atoms with Crippen LogP contribution in [0.4, 0.5) is 0 Å². The van der Waals surface area contributed by atoms with Gasteiger partial charge in [-0.25, -0.2) is 4.98 Å². The van der Waals surface area contributed by atoms with Gasteiger partial charge in [0.2, 0.25) is 0 Å². The third-order valence-electron chi connectivity index (χ3n) is 3.01. The van der Waals surface area contributed by atoms with Crippen molar-refractivity contribution >= 4 is 0 Å². The molecule has 2 rings (SSSR count). The van der Waals surface area contributed by atoms with E-state index < -0.39 is 0 Å². The van der Waals surface area contributed by atoms with Gasteiger partial charge in [-0.15, -0.1) is 0 Å². The van der Waals surface area contributed by atoms with Crippen LogP contribution in [-0.4, -0.2) is 9.97 Å². The van der Waals surface area contributed by atoms with Crippen molar-refractivity contribution in [2.45, 2.75) is 33.6 Å². The molecule has 3 heteroatoms. The van der Waals surface area contributed by atoms with Crippen LogP contribution in [0.1, 0.15) is 36.7 Å². The predicted molar refractivity (Wildman–Crippen MR) is 73.9 cm³/mol. The summed E-state index contributed by atoms with van der Waals surface area (Å²) in [5.74, 6) is 0.948. The fourth-order valence-electron chi connectivity index (χ4n) is 1.90. The van der Waals surface area contributed by atoms with Gasteiger partial charge in [0, 0.05) is 17.0 Å². The highest BCUT2D eigenvalue weighted by Gasteiger charge is 2.11. The highest BCUT2D eigenvalue weighted by atomic mass is 16.1. The lowest BCUT2D eigenvalue weighted by atomic mass is 10.0. The smallest absolute Gasteiger partial charge is 0.254 e. The van der Waals surface area contributed by atoms with Crippen molar-refractivity contribution in [1.29, 1.82) is 0 Å². The number of nitrogens with zero attached hydrogens (tertiary/aromatic N) is 1. The summed E-state index contributed by atoms with van der Waals surface area (Å²) in [5.41, 5.74) is 3.57. The summed E-state index contributed by atoms with van der Waals surface area (Å²) in [6, 6.07) is 8.07. The number of hydrogen-bond donors (Lipinski definition) is 1. The normalized spacial score (nSPS) is 10.9. The van der Waals surface area contributed by atoms with E-state index in [2.05, 4.69) is 16.0 Å². The molecule has 94 valence electrons. The zero-order valence-electron chi connectivity index (χ0n) is 11.2. The molecule has 0 saturated heterocycles. The molecule has 0 radical (unpaired) electrons. The molecule has 0 fully saturated rings. The molecule has 0 aliphatic carbocycles. The van der Waals surface area contributed by atoms with Crippen LogP contribution in [0, 0.1) is 13.8 Å². The van der Waals surface area contributed by atoms with Gasteiger partial charge in [0.25, 0.3) is 5.56 Å². The van der Waals surface area contributed by atoms with Gasteiger partial charge < -0.3 is 4.98 Å². The molecule has 1 aromatic carbocycles. The lowest BCUT2D eigenvalue weighted by Crippen LogP contribution is -2.16. The van der Waals surface area contributed by atoms with Crippen molar-refractivity contribution in [3.8, 4) is 11.3 Å². The molecule has 0 aliphatic heterocycles. The van der Waals surface area contributed by atoms with E-state index in [0.29, 0.717) is 5.56 Å². The average molecular weight is 242 g/mol. The Hall–Kier alpha value is -1.90. The number of H-pyrrole nitrogens is 1. The average Bonchev–Trinajstić information content (AvgIpc) is 2.32. The van der Waals surface area contributed by atoms with Crippen LogP contribution in [0.2, 0.25) is 0 Å². The molecule has 0 aliphatic rings. The molecule has 3 nitrogen and oxygen atoms in total. The highest BCUT2D eigenvalue weighted by molar-refractivity contribution is 5.63. The Morgan fingerprint density at radius 2 is 1.94 bits per heavy atom. The first kappa shape index (κ1) is 12.6. The Morgan fingerprint density at radius 3 is 2.56 bits per heavy atom. The summed E-state index contributed by atoms with van der Waals surface area (Å²) in [4.78, 5) is 19.3. The Kier molecular flexibility index (Phi) is 3.32. The van der Waals surface area contributed by atoms with Gasteiger partial charge in [0.15, 0.2) is 0 Å². The minimum atomic E-state index is -0.0507. The standard InChI is InChI=1S/C15H18N2O/c1-9(2)14-16-13(11(4)15(18)17-14)12-7-5-6-10(3)8-12/h5-9H,1-4H3,(H,16,17,18). The molecule has 1 aromatic heterocycles. The van der Waals surface area contributed by atoms with Crippen molar-refractivity contribution < 1.29 is 0 Å². The van der Waals surface area contributed by atoms with E-state index in [9.17, 15) is 4.79 Å². The second-order valence-electron chi connectivity index (χ2n) is 4.95. The molecular formula is C15H18N2O. The predicted octanol–water partition coefficient (Wildman–Crippen LogP) is 3.18. The summed E-state index contributed by atoms with van der Waals surface area (Å²) in [7, 11) is 0.